The number of aliphatic hydroxyl groups is 2. The van der Waals surface area contributed by atoms with Crippen LogP contribution in [0.5, 0.6) is 0 Å². The number of amides is 2. The number of hydrogen-bond donors (Lipinski definition) is 5. The van der Waals surface area contributed by atoms with Gasteiger partial charge in [0.1, 0.15) is 6.04 Å². The van der Waals surface area contributed by atoms with Crippen molar-refractivity contribution in [1.29, 1.82) is 0 Å². The Hall–Kier alpha value is -2.98. The summed E-state index contributed by atoms with van der Waals surface area (Å²) in [5.74, 6) is 9.90. The Kier molecular flexibility index (Phi) is 9.15. The smallest absolute Gasteiger partial charge is 0.269 e. The van der Waals surface area contributed by atoms with Crippen molar-refractivity contribution in [2.45, 2.75) is 50.7 Å². The minimum atomic E-state index is -3.35. The number of hydroxylamine groups is 1. The number of halogens is 2. The van der Waals surface area contributed by atoms with Crippen LogP contribution in [0.1, 0.15) is 48.5 Å². The van der Waals surface area contributed by atoms with E-state index >= 15 is 0 Å². The third-order valence-corrected chi connectivity index (χ3v) is 5.47. The number of carbonyl (C=O) groups is 2. The average molecular weight is 448 g/mol. The van der Waals surface area contributed by atoms with E-state index in [0.29, 0.717) is 18.4 Å². The predicted octanol–water partition coefficient (Wildman–Crippen LogP) is 1.46. The van der Waals surface area contributed by atoms with E-state index in [1.807, 2.05) is 5.32 Å². The quantitative estimate of drug-likeness (QED) is 0.257. The molecule has 1 aliphatic carbocycles. The van der Waals surface area contributed by atoms with Crippen molar-refractivity contribution in [2.75, 3.05) is 6.61 Å². The van der Waals surface area contributed by atoms with Gasteiger partial charge in [0.05, 0.1) is 0 Å². The van der Waals surface area contributed by atoms with E-state index in [1.165, 1.54) is 24.3 Å². The van der Waals surface area contributed by atoms with Crippen molar-refractivity contribution in [2.24, 2.45) is 11.8 Å². The molecule has 0 radical (unpaired) electrons. The topological polar surface area (TPSA) is 119 Å². The predicted molar refractivity (Wildman–Crippen MR) is 111 cm³/mol. The molecule has 32 heavy (non-hydrogen) atoms. The Morgan fingerprint density at radius 2 is 1.78 bits per heavy atom. The monoisotopic (exact) mass is 448 g/mol. The molecule has 9 heteroatoms. The number of nitrogens with one attached hydrogen (secondary N) is 2. The lowest BCUT2D eigenvalue weighted by Crippen LogP contribution is -2.61. The first-order valence-corrected chi connectivity index (χ1v) is 10.2. The van der Waals surface area contributed by atoms with E-state index in [9.17, 15) is 23.5 Å². The molecule has 1 aromatic carbocycles. The lowest BCUT2D eigenvalue weighted by atomic mass is 9.83. The third-order valence-electron chi connectivity index (χ3n) is 5.47. The second-order valence-corrected chi connectivity index (χ2v) is 7.91. The molecule has 2 rings (SSSR count). The van der Waals surface area contributed by atoms with Gasteiger partial charge >= 0.3 is 0 Å². The summed E-state index contributed by atoms with van der Waals surface area (Å²) < 4.78 is 26.1. The van der Waals surface area contributed by atoms with E-state index in [0.717, 1.165) is 31.2 Å². The lowest BCUT2D eigenvalue weighted by Gasteiger charge is -2.30. The van der Waals surface area contributed by atoms with Crippen molar-refractivity contribution in [3.8, 4) is 23.7 Å². The molecule has 5 N–H and O–H groups in total. The lowest BCUT2D eigenvalue weighted by molar-refractivity contribution is -0.149. The second-order valence-electron chi connectivity index (χ2n) is 7.91. The van der Waals surface area contributed by atoms with E-state index in [4.69, 9.17) is 10.3 Å². The van der Waals surface area contributed by atoms with Crippen molar-refractivity contribution < 1.29 is 33.8 Å². The first-order valence-electron chi connectivity index (χ1n) is 10.2. The molecule has 0 aromatic heterocycles. The summed E-state index contributed by atoms with van der Waals surface area (Å²) in [6.07, 6.45) is 0.448. The van der Waals surface area contributed by atoms with Crippen molar-refractivity contribution in [3.63, 3.8) is 0 Å². The van der Waals surface area contributed by atoms with Crippen LogP contribution in [0.2, 0.25) is 0 Å². The van der Waals surface area contributed by atoms with E-state index in [1.54, 1.807) is 0 Å². The van der Waals surface area contributed by atoms with Crippen LogP contribution in [-0.4, -0.2) is 51.9 Å². The molecule has 0 saturated heterocycles. The summed E-state index contributed by atoms with van der Waals surface area (Å²) in [5.41, 5.74) is -1.12. The Morgan fingerprint density at radius 3 is 2.31 bits per heavy atom. The molecule has 172 valence electrons. The van der Waals surface area contributed by atoms with Crippen LogP contribution >= 0.6 is 0 Å². The van der Waals surface area contributed by atoms with Gasteiger partial charge < -0.3 is 15.5 Å². The summed E-state index contributed by atoms with van der Waals surface area (Å²) in [4.78, 5) is 24.0. The van der Waals surface area contributed by atoms with Gasteiger partial charge in [-0.2, -0.15) is 0 Å². The number of carbonyl (C=O) groups excluding carboxylic acids is 2. The summed E-state index contributed by atoms with van der Waals surface area (Å²) >= 11 is 0. The van der Waals surface area contributed by atoms with Crippen LogP contribution in [0.15, 0.2) is 24.3 Å². The zero-order valence-electron chi connectivity index (χ0n) is 17.6. The highest BCUT2D eigenvalue weighted by Gasteiger charge is 2.46. The third kappa shape index (κ3) is 6.76. The summed E-state index contributed by atoms with van der Waals surface area (Å²) in [6, 6.07) is 3.74. The van der Waals surface area contributed by atoms with E-state index in [2.05, 4.69) is 23.7 Å². The summed E-state index contributed by atoms with van der Waals surface area (Å²) in [6.45, 7) is 0.894. The summed E-state index contributed by atoms with van der Waals surface area (Å²) in [5, 5.41) is 29.8. The number of hydrogen-bond acceptors (Lipinski definition) is 5. The number of alkyl halides is 2. The number of rotatable bonds is 6. The van der Waals surface area contributed by atoms with Gasteiger partial charge in [0.2, 0.25) is 0 Å². The Labute approximate surface area is 185 Å². The molecule has 2 unspecified atom stereocenters. The zero-order valence-corrected chi connectivity index (χ0v) is 17.6. The fourth-order valence-corrected chi connectivity index (χ4v) is 3.32. The Morgan fingerprint density at radius 1 is 1.16 bits per heavy atom. The molecule has 7 nitrogen and oxygen atoms in total. The maximum Gasteiger partial charge on any atom is 0.269 e. The van der Waals surface area contributed by atoms with Gasteiger partial charge in [-0.15, -0.1) is 0 Å². The molecule has 2 amide bonds. The van der Waals surface area contributed by atoms with Gasteiger partial charge in [-0.05, 0) is 74.6 Å². The SMILES string of the molecule is CC(O)(C(F)F)C(NC(=O)c1ccc(C#CC#CC2CCC(CO)CC2)cc1)C(=O)NO. The molecule has 2 atom stereocenters. The Bertz CT molecular complexity index is 918. The highest BCUT2D eigenvalue weighted by atomic mass is 19.3. The minimum absolute atomic E-state index is 0.0445. The average Bonchev–Trinajstić information content (AvgIpc) is 2.80. The molecule has 1 fully saturated rings. The number of aliphatic hydroxyl groups excluding tert-OH is 1. The highest BCUT2D eigenvalue weighted by Crippen LogP contribution is 2.27. The van der Waals surface area contributed by atoms with Gasteiger partial charge in [-0.25, -0.2) is 14.3 Å². The fourth-order valence-electron chi connectivity index (χ4n) is 3.32. The number of benzene rings is 1. The molecule has 0 spiro atoms. The van der Waals surface area contributed by atoms with E-state index < -0.39 is 29.9 Å². The van der Waals surface area contributed by atoms with Crippen LogP contribution in [-0.2, 0) is 4.79 Å². The molecule has 1 aromatic rings. The van der Waals surface area contributed by atoms with Crippen LogP contribution in [0.4, 0.5) is 8.78 Å². The van der Waals surface area contributed by atoms with Crippen LogP contribution < -0.4 is 10.8 Å². The van der Waals surface area contributed by atoms with Gasteiger partial charge in [-0.1, -0.05) is 11.8 Å². The van der Waals surface area contributed by atoms with Gasteiger partial charge in [-0.3, -0.25) is 14.8 Å². The van der Waals surface area contributed by atoms with Crippen molar-refractivity contribution in [3.05, 3.63) is 35.4 Å². The molecular weight excluding hydrogens is 422 g/mol. The molecule has 1 saturated carbocycles. The summed E-state index contributed by atoms with van der Waals surface area (Å²) in [7, 11) is 0. The van der Waals surface area contributed by atoms with Gasteiger partial charge in [0.25, 0.3) is 18.2 Å². The molecular formula is C23H26F2N2O5. The van der Waals surface area contributed by atoms with Crippen molar-refractivity contribution in [1.82, 2.24) is 10.8 Å². The molecule has 0 bridgehead atoms. The maximum absolute atomic E-state index is 13.1. The molecule has 1 aliphatic rings. The van der Waals surface area contributed by atoms with Crippen LogP contribution in [0.3, 0.4) is 0 Å². The fraction of sp³-hybridized carbons (Fsp3) is 0.478. The zero-order chi connectivity index (χ0) is 23.7. The van der Waals surface area contributed by atoms with Crippen LogP contribution in [0, 0.1) is 35.5 Å². The van der Waals surface area contributed by atoms with Gasteiger partial charge in [0, 0.05) is 23.7 Å². The molecule has 0 aliphatic heterocycles. The Balaban J connectivity index is 2.00. The largest absolute Gasteiger partial charge is 0.396 e. The standard InChI is InChI=1S/C23H26F2N2O5/c1-23(31,22(24)25)19(21(30)27-32)26-20(29)18-12-10-16(11-13-18)5-3-2-4-15-6-8-17(14-28)9-7-15/h10-13,15,17,19,22,28,31-32H,6-9,14H2,1H3,(H,26,29)(H,27,30). The highest BCUT2D eigenvalue weighted by molar-refractivity contribution is 5.97. The van der Waals surface area contributed by atoms with Crippen molar-refractivity contribution >= 4 is 11.8 Å². The van der Waals surface area contributed by atoms with Crippen LogP contribution in [0.25, 0.3) is 0 Å². The second kappa shape index (κ2) is 11.6. The maximum atomic E-state index is 13.1. The van der Waals surface area contributed by atoms with E-state index in [-0.39, 0.29) is 18.1 Å². The van der Waals surface area contributed by atoms with Gasteiger partial charge in [0.15, 0.2) is 5.60 Å². The minimum Gasteiger partial charge on any atom is -0.396 e. The molecule has 0 heterocycles. The first kappa shape index (κ1) is 25.3. The normalized spacial score (nSPS) is 20.6. The first-order chi connectivity index (χ1) is 15.2.